The SMILES string of the molecule is CC(C)(C)C1CC(=O)N(Cc2ccc(C#N)cc2Cl)C1. The van der Waals surface area contributed by atoms with Gasteiger partial charge >= 0.3 is 0 Å². The number of nitrogens with zero attached hydrogens (tertiary/aromatic N) is 2. The monoisotopic (exact) mass is 290 g/mol. The van der Waals surface area contributed by atoms with Crippen LogP contribution < -0.4 is 0 Å². The van der Waals surface area contributed by atoms with Crippen LogP contribution in [0.25, 0.3) is 0 Å². The highest BCUT2D eigenvalue weighted by atomic mass is 35.5. The standard InChI is InChI=1S/C16H19ClN2O/c1-16(2,3)13-7-15(20)19(10-13)9-12-5-4-11(8-18)6-14(12)17/h4-6,13H,7,9-10H2,1-3H3. The fraction of sp³-hybridized carbons (Fsp3) is 0.500. The second-order valence-electron chi connectivity index (χ2n) is 6.46. The topological polar surface area (TPSA) is 44.1 Å². The maximum atomic E-state index is 12.1. The molecule has 4 heteroatoms. The summed E-state index contributed by atoms with van der Waals surface area (Å²) < 4.78 is 0. The number of amides is 1. The van der Waals surface area contributed by atoms with E-state index < -0.39 is 0 Å². The lowest BCUT2D eigenvalue weighted by atomic mass is 9.80. The second kappa shape index (κ2) is 5.46. The summed E-state index contributed by atoms with van der Waals surface area (Å²) in [7, 11) is 0. The van der Waals surface area contributed by atoms with Crippen molar-refractivity contribution in [1.29, 1.82) is 5.26 Å². The molecule has 1 unspecified atom stereocenters. The fourth-order valence-corrected chi connectivity index (χ4v) is 2.70. The summed E-state index contributed by atoms with van der Waals surface area (Å²) in [5.74, 6) is 0.567. The molecular weight excluding hydrogens is 272 g/mol. The normalized spacial score (nSPS) is 19.2. The molecule has 1 saturated heterocycles. The number of hydrogen-bond donors (Lipinski definition) is 0. The molecule has 106 valence electrons. The van der Waals surface area contributed by atoms with Crippen LogP contribution >= 0.6 is 11.6 Å². The van der Waals surface area contributed by atoms with Gasteiger partial charge in [0.25, 0.3) is 0 Å². The number of carbonyl (C=O) groups excluding carboxylic acids is 1. The highest BCUT2D eigenvalue weighted by Crippen LogP contribution is 2.35. The molecule has 1 amide bonds. The predicted octanol–water partition coefficient (Wildman–Crippen LogP) is 3.61. The van der Waals surface area contributed by atoms with Crippen LogP contribution in [-0.4, -0.2) is 17.4 Å². The van der Waals surface area contributed by atoms with E-state index in [1.807, 2.05) is 11.0 Å². The zero-order chi connectivity index (χ0) is 14.9. The van der Waals surface area contributed by atoms with E-state index in [4.69, 9.17) is 16.9 Å². The van der Waals surface area contributed by atoms with Gasteiger partial charge in [0, 0.05) is 24.5 Å². The molecule has 0 radical (unpaired) electrons. The van der Waals surface area contributed by atoms with Gasteiger partial charge in [0.2, 0.25) is 5.91 Å². The Morgan fingerprint density at radius 2 is 2.15 bits per heavy atom. The van der Waals surface area contributed by atoms with E-state index in [1.54, 1.807) is 12.1 Å². The lowest BCUT2D eigenvalue weighted by Crippen LogP contribution is -2.27. The molecule has 1 aliphatic rings. The van der Waals surface area contributed by atoms with E-state index in [2.05, 4.69) is 26.8 Å². The minimum atomic E-state index is 0.138. The van der Waals surface area contributed by atoms with E-state index in [9.17, 15) is 4.79 Å². The van der Waals surface area contributed by atoms with Crippen molar-refractivity contribution in [1.82, 2.24) is 4.90 Å². The quantitative estimate of drug-likeness (QED) is 0.835. The molecule has 0 spiro atoms. The Morgan fingerprint density at radius 3 is 2.65 bits per heavy atom. The molecule has 1 aromatic rings. The Labute approximate surface area is 125 Å². The van der Waals surface area contributed by atoms with E-state index in [0.29, 0.717) is 29.5 Å². The highest BCUT2D eigenvalue weighted by molar-refractivity contribution is 6.31. The number of hydrogen-bond acceptors (Lipinski definition) is 2. The van der Waals surface area contributed by atoms with E-state index in [-0.39, 0.29) is 11.3 Å². The minimum Gasteiger partial charge on any atom is -0.338 e. The third-order valence-electron chi connectivity index (χ3n) is 3.98. The number of benzene rings is 1. The molecule has 1 aliphatic heterocycles. The van der Waals surface area contributed by atoms with Crippen LogP contribution in [0.3, 0.4) is 0 Å². The van der Waals surface area contributed by atoms with Crippen molar-refractivity contribution in [3.63, 3.8) is 0 Å². The molecule has 0 aromatic heterocycles. The van der Waals surface area contributed by atoms with Crippen LogP contribution in [-0.2, 0) is 11.3 Å². The largest absolute Gasteiger partial charge is 0.338 e. The minimum absolute atomic E-state index is 0.138. The number of halogens is 1. The van der Waals surface area contributed by atoms with Gasteiger partial charge in [-0.15, -0.1) is 0 Å². The first-order valence-corrected chi connectivity index (χ1v) is 7.15. The van der Waals surface area contributed by atoms with Crippen molar-refractivity contribution in [3.8, 4) is 6.07 Å². The maximum Gasteiger partial charge on any atom is 0.223 e. The Morgan fingerprint density at radius 1 is 1.45 bits per heavy atom. The summed E-state index contributed by atoms with van der Waals surface area (Å²) in [5.41, 5.74) is 1.58. The Bertz CT molecular complexity index is 569. The zero-order valence-corrected chi connectivity index (χ0v) is 12.9. The molecule has 1 atom stereocenters. The van der Waals surface area contributed by atoms with Crippen LogP contribution in [0.1, 0.15) is 38.3 Å². The van der Waals surface area contributed by atoms with Crippen LogP contribution in [0, 0.1) is 22.7 Å². The van der Waals surface area contributed by atoms with Crippen molar-refractivity contribution in [2.24, 2.45) is 11.3 Å². The molecule has 0 bridgehead atoms. The molecule has 2 rings (SSSR count). The van der Waals surface area contributed by atoms with Gasteiger partial charge in [-0.2, -0.15) is 5.26 Å². The van der Waals surface area contributed by atoms with Gasteiger partial charge in [-0.1, -0.05) is 38.4 Å². The molecule has 0 N–H and O–H groups in total. The zero-order valence-electron chi connectivity index (χ0n) is 12.1. The molecule has 1 heterocycles. The van der Waals surface area contributed by atoms with Gasteiger partial charge in [0.15, 0.2) is 0 Å². The first-order valence-electron chi connectivity index (χ1n) is 6.77. The first kappa shape index (κ1) is 14.9. The van der Waals surface area contributed by atoms with Gasteiger partial charge in [-0.05, 0) is 29.0 Å². The van der Waals surface area contributed by atoms with Gasteiger partial charge in [-0.3, -0.25) is 4.79 Å². The summed E-state index contributed by atoms with van der Waals surface area (Å²) in [4.78, 5) is 14.0. The van der Waals surface area contributed by atoms with Crippen molar-refractivity contribution in [2.75, 3.05) is 6.54 Å². The fourth-order valence-electron chi connectivity index (χ4n) is 2.46. The average molecular weight is 291 g/mol. The third kappa shape index (κ3) is 3.13. The molecule has 0 saturated carbocycles. The van der Waals surface area contributed by atoms with Crippen molar-refractivity contribution < 1.29 is 4.79 Å². The van der Waals surface area contributed by atoms with Crippen LogP contribution in [0.2, 0.25) is 5.02 Å². The summed E-state index contributed by atoms with van der Waals surface area (Å²) >= 11 is 6.17. The predicted molar refractivity (Wildman–Crippen MR) is 79.1 cm³/mol. The van der Waals surface area contributed by atoms with Gasteiger partial charge in [0.05, 0.1) is 11.6 Å². The Kier molecular flexibility index (Phi) is 4.06. The van der Waals surface area contributed by atoms with Crippen molar-refractivity contribution in [3.05, 3.63) is 34.3 Å². The molecular formula is C16H19ClN2O. The van der Waals surface area contributed by atoms with Crippen LogP contribution in [0.4, 0.5) is 0 Å². The average Bonchev–Trinajstić information content (AvgIpc) is 2.73. The van der Waals surface area contributed by atoms with E-state index in [0.717, 1.165) is 12.1 Å². The maximum absolute atomic E-state index is 12.1. The van der Waals surface area contributed by atoms with Gasteiger partial charge in [-0.25, -0.2) is 0 Å². The number of carbonyl (C=O) groups is 1. The lowest BCUT2D eigenvalue weighted by Gasteiger charge is -2.26. The van der Waals surface area contributed by atoms with Gasteiger partial charge in [0.1, 0.15) is 0 Å². The lowest BCUT2D eigenvalue weighted by molar-refractivity contribution is -0.128. The third-order valence-corrected chi connectivity index (χ3v) is 4.33. The van der Waals surface area contributed by atoms with Crippen LogP contribution in [0.15, 0.2) is 18.2 Å². The smallest absolute Gasteiger partial charge is 0.223 e. The van der Waals surface area contributed by atoms with Crippen LogP contribution in [0.5, 0.6) is 0 Å². The Hall–Kier alpha value is -1.53. The first-order chi connectivity index (χ1) is 9.31. The highest BCUT2D eigenvalue weighted by Gasteiger charge is 2.36. The van der Waals surface area contributed by atoms with Gasteiger partial charge < -0.3 is 4.90 Å². The molecule has 3 nitrogen and oxygen atoms in total. The molecule has 0 aliphatic carbocycles. The van der Waals surface area contributed by atoms with Crippen molar-refractivity contribution >= 4 is 17.5 Å². The summed E-state index contributed by atoms with van der Waals surface area (Å²) in [6.07, 6.45) is 0.609. The van der Waals surface area contributed by atoms with E-state index >= 15 is 0 Å². The molecule has 1 aromatic carbocycles. The molecule has 1 fully saturated rings. The van der Waals surface area contributed by atoms with Crippen molar-refractivity contribution in [2.45, 2.75) is 33.7 Å². The number of nitriles is 1. The number of rotatable bonds is 2. The molecule has 20 heavy (non-hydrogen) atoms. The summed E-state index contributed by atoms with van der Waals surface area (Å²) in [6.45, 7) is 7.81. The Balaban J connectivity index is 2.12. The number of likely N-dealkylation sites (tertiary alicyclic amines) is 1. The second-order valence-corrected chi connectivity index (χ2v) is 6.87. The van der Waals surface area contributed by atoms with E-state index in [1.165, 1.54) is 0 Å². The summed E-state index contributed by atoms with van der Waals surface area (Å²) in [6, 6.07) is 7.28. The summed E-state index contributed by atoms with van der Waals surface area (Å²) in [5, 5.41) is 9.38.